The summed E-state index contributed by atoms with van der Waals surface area (Å²) in [7, 11) is 0. The van der Waals surface area contributed by atoms with Crippen LogP contribution in [0.3, 0.4) is 0 Å². The zero-order valence-electron chi connectivity index (χ0n) is 10.3. The number of ether oxygens (including phenoxy) is 1. The molecular formula is C12H13F3N2O3. The molecule has 1 fully saturated rings. The first-order valence-corrected chi connectivity index (χ1v) is 5.89. The number of amides is 1. The predicted molar refractivity (Wildman–Crippen MR) is 64.0 cm³/mol. The number of aliphatic hydroxyl groups is 1. The summed E-state index contributed by atoms with van der Waals surface area (Å²) in [6.45, 7) is 0. The van der Waals surface area contributed by atoms with Gasteiger partial charge < -0.3 is 20.9 Å². The van der Waals surface area contributed by atoms with Gasteiger partial charge in [-0.1, -0.05) is 0 Å². The van der Waals surface area contributed by atoms with Gasteiger partial charge in [0.25, 0.3) is 5.91 Å². The van der Waals surface area contributed by atoms with E-state index in [2.05, 4.69) is 10.1 Å². The quantitative estimate of drug-likeness (QED) is 0.735. The molecule has 0 radical (unpaired) electrons. The van der Waals surface area contributed by atoms with E-state index in [4.69, 9.17) is 10.8 Å². The van der Waals surface area contributed by atoms with Crippen molar-refractivity contribution in [3.05, 3.63) is 23.8 Å². The number of carbonyl (C=O) groups excluding carboxylic acids is 1. The molecule has 0 heterocycles. The van der Waals surface area contributed by atoms with E-state index in [9.17, 15) is 18.0 Å². The molecule has 0 aliphatic heterocycles. The highest BCUT2D eigenvalue weighted by Crippen LogP contribution is 2.29. The van der Waals surface area contributed by atoms with Gasteiger partial charge in [-0.05, 0) is 31.0 Å². The third-order valence-corrected chi connectivity index (χ3v) is 2.95. The van der Waals surface area contributed by atoms with Crippen LogP contribution in [0.4, 0.5) is 18.9 Å². The largest absolute Gasteiger partial charge is 0.573 e. The Morgan fingerprint density at radius 2 is 2.05 bits per heavy atom. The first-order valence-electron chi connectivity index (χ1n) is 5.89. The first-order chi connectivity index (χ1) is 9.24. The Balaban J connectivity index is 2.02. The van der Waals surface area contributed by atoms with Gasteiger partial charge in [-0.2, -0.15) is 0 Å². The van der Waals surface area contributed by atoms with Crippen LogP contribution in [-0.4, -0.2) is 29.5 Å². The molecule has 0 saturated heterocycles. The van der Waals surface area contributed by atoms with E-state index >= 15 is 0 Å². The summed E-state index contributed by atoms with van der Waals surface area (Å²) in [6, 6.07) is 3.19. The summed E-state index contributed by atoms with van der Waals surface area (Å²) in [5.41, 5.74) is 5.28. The van der Waals surface area contributed by atoms with Crippen molar-refractivity contribution in [3.63, 3.8) is 0 Å². The number of hydrogen-bond donors (Lipinski definition) is 3. The lowest BCUT2D eigenvalue weighted by molar-refractivity contribution is -0.274. The lowest BCUT2D eigenvalue weighted by Gasteiger charge is -2.31. The van der Waals surface area contributed by atoms with Gasteiger partial charge in [-0.25, -0.2) is 0 Å². The number of aliphatic hydroxyl groups excluding tert-OH is 1. The second-order valence-corrected chi connectivity index (χ2v) is 4.60. The minimum atomic E-state index is -4.83. The molecule has 1 aromatic rings. The van der Waals surface area contributed by atoms with Crippen LogP contribution in [-0.2, 0) is 0 Å². The molecule has 1 amide bonds. The van der Waals surface area contributed by atoms with E-state index in [1.165, 1.54) is 6.07 Å². The summed E-state index contributed by atoms with van der Waals surface area (Å²) in [5.74, 6) is -1.000. The molecule has 0 spiro atoms. The predicted octanol–water partition coefficient (Wildman–Crippen LogP) is 1.42. The fourth-order valence-corrected chi connectivity index (χ4v) is 1.88. The molecule has 1 aromatic carbocycles. The Morgan fingerprint density at radius 3 is 2.55 bits per heavy atom. The third kappa shape index (κ3) is 3.53. The van der Waals surface area contributed by atoms with Gasteiger partial charge in [0.1, 0.15) is 0 Å². The number of halogens is 3. The topological polar surface area (TPSA) is 84.6 Å². The summed E-state index contributed by atoms with van der Waals surface area (Å²) >= 11 is 0. The number of carbonyl (C=O) groups is 1. The Morgan fingerprint density at radius 1 is 1.40 bits per heavy atom. The maximum atomic E-state index is 12.1. The molecule has 1 aliphatic carbocycles. The highest BCUT2D eigenvalue weighted by molar-refractivity contribution is 5.95. The minimum Gasteiger partial charge on any atom is -0.404 e. The molecule has 8 heteroatoms. The van der Waals surface area contributed by atoms with Crippen LogP contribution in [0, 0.1) is 0 Å². The Bertz CT molecular complexity index is 513. The smallest absolute Gasteiger partial charge is 0.404 e. The van der Waals surface area contributed by atoms with Crippen molar-refractivity contribution in [1.29, 1.82) is 0 Å². The molecule has 110 valence electrons. The van der Waals surface area contributed by atoms with E-state index < -0.39 is 24.1 Å². The average Bonchev–Trinajstić information content (AvgIpc) is 2.28. The van der Waals surface area contributed by atoms with Crippen molar-refractivity contribution in [2.24, 2.45) is 0 Å². The SMILES string of the molecule is Nc1cc(C(=O)NC2CC(O)C2)ccc1OC(F)(F)F. The van der Waals surface area contributed by atoms with Crippen LogP contribution in [0.1, 0.15) is 23.2 Å². The lowest BCUT2D eigenvalue weighted by atomic mass is 9.89. The molecule has 0 aromatic heterocycles. The van der Waals surface area contributed by atoms with E-state index in [1.54, 1.807) is 0 Å². The summed E-state index contributed by atoms with van der Waals surface area (Å²) in [4.78, 5) is 11.8. The molecular weight excluding hydrogens is 277 g/mol. The molecule has 1 aliphatic rings. The average molecular weight is 290 g/mol. The van der Waals surface area contributed by atoms with Gasteiger partial charge in [0.05, 0.1) is 11.8 Å². The van der Waals surface area contributed by atoms with Crippen LogP contribution in [0.5, 0.6) is 5.75 Å². The van der Waals surface area contributed by atoms with Crippen LogP contribution < -0.4 is 15.8 Å². The monoisotopic (exact) mass is 290 g/mol. The molecule has 0 atom stereocenters. The van der Waals surface area contributed by atoms with Crippen LogP contribution in [0.2, 0.25) is 0 Å². The number of alkyl halides is 3. The fraction of sp³-hybridized carbons (Fsp3) is 0.417. The highest BCUT2D eigenvalue weighted by Gasteiger charge is 2.32. The van der Waals surface area contributed by atoms with Gasteiger partial charge in [0.15, 0.2) is 5.75 Å². The van der Waals surface area contributed by atoms with Crippen molar-refractivity contribution < 1.29 is 27.8 Å². The van der Waals surface area contributed by atoms with Gasteiger partial charge in [-0.3, -0.25) is 4.79 Å². The van der Waals surface area contributed by atoms with E-state index in [0.29, 0.717) is 12.8 Å². The van der Waals surface area contributed by atoms with Crippen molar-refractivity contribution in [2.75, 3.05) is 5.73 Å². The number of benzene rings is 1. The van der Waals surface area contributed by atoms with Crippen molar-refractivity contribution in [2.45, 2.75) is 31.3 Å². The maximum Gasteiger partial charge on any atom is 0.573 e. The highest BCUT2D eigenvalue weighted by atomic mass is 19.4. The van der Waals surface area contributed by atoms with Crippen molar-refractivity contribution in [1.82, 2.24) is 5.32 Å². The van der Waals surface area contributed by atoms with Crippen LogP contribution in [0.15, 0.2) is 18.2 Å². The number of nitrogen functional groups attached to an aromatic ring is 1. The number of rotatable bonds is 3. The molecule has 0 unspecified atom stereocenters. The molecule has 20 heavy (non-hydrogen) atoms. The van der Waals surface area contributed by atoms with Gasteiger partial charge >= 0.3 is 6.36 Å². The van der Waals surface area contributed by atoms with Gasteiger partial charge in [0, 0.05) is 11.6 Å². The Hall–Kier alpha value is -1.96. The maximum absolute atomic E-state index is 12.1. The number of nitrogens with two attached hydrogens (primary N) is 1. The minimum absolute atomic E-state index is 0.121. The van der Waals surface area contributed by atoms with Crippen molar-refractivity contribution in [3.8, 4) is 5.75 Å². The first kappa shape index (κ1) is 14.4. The third-order valence-electron chi connectivity index (χ3n) is 2.95. The van der Waals surface area contributed by atoms with Crippen LogP contribution in [0.25, 0.3) is 0 Å². The number of hydrogen-bond acceptors (Lipinski definition) is 4. The van der Waals surface area contributed by atoms with Crippen molar-refractivity contribution >= 4 is 11.6 Å². The standard InChI is InChI=1S/C12H13F3N2O3/c13-12(14,15)20-10-2-1-6(3-9(10)16)11(19)17-7-4-8(18)5-7/h1-3,7-8,18H,4-5,16H2,(H,17,19). The number of anilines is 1. The normalized spacial score (nSPS) is 22.0. The molecule has 5 nitrogen and oxygen atoms in total. The zero-order valence-corrected chi connectivity index (χ0v) is 10.3. The van der Waals surface area contributed by atoms with E-state index in [0.717, 1.165) is 12.1 Å². The zero-order chi connectivity index (χ0) is 14.9. The molecule has 4 N–H and O–H groups in total. The van der Waals surface area contributed by atoms with E-state index in [1.807, 2.05) is 0 Å². The lowest BCUT2D eigenvalue weighted by Crippen LogP contribution is -2.46. The van der Waals surface area contributed by atoms with Crippen LogP contribution >= 0.6 is 0 Å². The second kappa shape index (κ2) is 5.20. The Kier molecular flexibility index (Phi) is 3.76. The van der Waals surface area contributed by atoms with E-state index in [-0.39, 0.29) is 17.3 Å². The number of nitrogens with one attached hydrogen (secondary N) is 1. The van der Waals surface area contributed by atoms with Gasteiger partial charge in [-0.15, -0.1) is 13.2 Å². The summed E-state index contributed by atoms with van der Waals surface area (Å²) in [6.07, 6.45) is -4.31. The fourth-order valence-electron chi connectivity index (χ4n) is 1.88. The molecule has 2 rings (SSSR count). The summed E-state index contributed by atoms with van der Waals surface area (Å²) < 4.78 is 39.9. The summed E-state index contributed by atoms with van der Waals surface area (Å²) in [5, 5.41) is 11.7. The Labute approximate surface area is 112 Å². The molecule has 1 saturated carbocycles. The van der Waals surface area contributed by atoms with Gasteiger partial charge in [0.2, 0.25) is 0 Å². The second-order valence-electron chi connectivity index (χ2n) is 4.60. The molecule has 0 bridgehead atoms.